The van der Waals surface area contributed by atoms with Crippen LogP contribution >= 0.6 is 0 Å². The molecule has 0 aliphatic rings. The molecule has 0 radical (unpaired) electrons. The molecule has 0 saturated heterocycles. The summed E-state index contributed by atoms with van der Waals surface area (Å²) in [5.74, 6) is 0.0597. The van der Waals surface area contributed by atoms with Gasteiger partial charge in [0.05, 0.1) is 11.1 Å². The molecule has 0 aliphatic heterocycles. The van der Waals surface area contributed by atoms with E-state index in [9.17, 15) is 26.7 Å². The van der Waals surface area contributed by atoms with Crippen molar-refractivity contribution in [2.45, 2.75) is 19.7 Å². The highest BCUT2D eigenvalue weighted by molar-refractivity contribution is 5.89. The molecule has 4 rings (SSSR count). The van der Waals surface area contributed by atoms with Crippen LogP contribution in [0, 0.1) is 6.92 Å². The first-order valence-corrected chi connectivity index (χ1v) is 8.07. The second-order valence-corrected chi connectivity index (χ2v) is 5.95. The monoisotopic (exact) mass is 411 g/mol. The van der Waals surface area contributed by atoms with Crippen LogP contribution in [0.2, 0.25) is 0 Å². The Morgan fingerprint density at radius 1 is 1.00 bits per heavy atom. The van der Waals surface area contributed by atoms with Gasteiger partial charge >= 0.3 is 18.5 Å². The number of hydrogen-bond donors (Lipinski definition) is 0. The van der Waals surface area contributed by atoms with Gasteiger partial charge in [-0.05, 0) is 43.3 Å². The molecular weight excluding hydrogens is 401 g/mol. The van der Waals surface area contributed by atoms with Crippen molar-refractivity contribution in [3.05, 3.63) is 58.4 Å². The molecule has 1 aromatic carbocycles. The Bertz CT molecular complexity index is 1280. The van der Waals surface area contributed by atoms with E-state index in [0.717, 1.165) is 33.3 Å². The summed E-state index contributed by atoms with van der Waals surface area (Å²) in [5, 5.41) is 4.13. The molecule has 3 aromatic heterocycles. The molecule has 7 nitrogen and oxygen atoms in total. The fraction of sp³-hybridized carbons (Fsp3) is 0.176. The molecule has 0 fully saturated rings. The predicted molar refractivity (Wildman–Crippen MR) is 90.3 cm³/mol. The number of benzene rings is 1. The van der Waals surface area contributed by atoms with E-state index < -0.39 is 24.2 Å². The fourth-order valence-corrected chi connectivity index (χ4v) is 2.87. The van der Waals surface area contributed by atoms with E-state index in [2.05, 4.69) is 19.8 Å². The zero-order chi connectivity index (χ0) is 20.9. The number of alkyl halides is 5. The van der Waals surface area contributed by atoms with Crippen molar-refractivity contribution in [1.82, 2.24) is 24.1 Å². The summed E-state index contributed by atoms with van der Waals surface area (Å²) >= 11 is 0. The zero-order valence-electron chi connectivity index (χ0n) is 14.5. The summed E-state index contributed by atoms with van der Waals surface area (Å²) in [4.78, 5) is 20.6. The van der Waals surface area contributed by atoms with Crippen LogP contribution < -0.4 is 10.4 Å². The van der Waals surface area contributed by atoms with E-state index in [0.29, 0.717) is 0 Å². The Kier molecular flexibility index (Phi) is 4.21. The Hall–Kier alpha value is -3.57. The number of aryl methyl sites for hydroxylation is 1. The molecule has 150 valence electrons. The SMILES string of the molecule is Cc1nc2c3ccc(C(F)(F)F)nc3n(-c3ccc(OC(F)F)cc3)c(=O)n2n1. The molecule has 0 unspecified atom stereocenters. The summed E-state index contributed by atoms with van der Waals surface area (Å²) in [6, 6.07) is 6.74. The second kappa shape index (κ2) is 6.50. The Morgan fingerprint density at radius 3 is 2.31 bits per heavy atom. The molecule has 0 atom stereocenters. The molecule has 4 aromatic rings. The number of aromatic nitrogens is 5. The van der Waals surface area contributed by atoms with E-state index in [1.54, 1.807) is 0 Å². The van der Waals surface area contributed by atoms with Gasteiger partial charge in [-0.2, -0.15) is 26.5 Å². The maximum Gasteiger partial charge on any atom is 0.433 e. The first-order valence-electron chi connectivity index (χ1n) is 8.07. The minimum Gasteiger partial charge on any atom is -0.435 e. The lowest BCUT2D eigenvalue weighted by molar-refractivity contribution is -0.141. The fourth-order valence-electron chi connectivity index (χ4n) is 2.87. The molecule has 0 aliphatic carbocycles. The number of hydrogen-bond acceptors (Lipinski definition) is 5. The number of pyridine rings is 1. The van der Waals surface area contributed by atoms with Crippen LogP contribution in [0.3, 0.4) is 0 Å². The van der Waals surface area contributed by atoms with Gasteiger partial charge in [-0.1, -0.05) is 0 Å². The lowest BCUT2D eigenvalue weighted by atomic mass is 10.2. The molecule has 29 heavy (non-hydrogen) atoms. The van der Waals surface area contributed by atoms with Crippen LogP contribution in [0.4, 0.5) is 22.0 Å². The number of nitrogens with zero attached hydrogens (tertiary/aromatic N) is 5. The first kappa shape index (κ1) is 18.8. The van der Waals surface area contributed by atoms with Gasteiger partial charge in [-0.15, -0.1) is 5.10 Å². The van der Waals surface area contributed by atoms with Crippen molar-refractivity contribution in [2.24, 2.45) is 0 Å². The third kappa shape index (κ3) is 3.26. The van der Waals surface area contributed by atoms with Crippen molar-refractivity contribution in [2.75, 3.05) is 0 Å². The van der Waals surface area contributed by atoms with Crippen LogP contribution in [0.25, 0.3) is 22.4 Å². The quantitative estimate of drug-likeness (QED) is 0.484. The zero-order valence-corrected chi connectivity index (χ0v) is 14.5. The van der Waals surface area contributed by atoms with Gasteiger partial charge in [0, 0.05) is 0 Å². The van der Waals surface area contributed by atoms with Gasteiger partial charge in [0.2, 0.25) is 0 Å². The van der Waals surface area contributed by atoms with Crippen LogP contribution in [0.15, 0.2) is 41.2 Å². The molecule has 12 heteroatoms. The largest absolute Gasteiger partial charge is 0.435 e. The number of halogens is 5. The molecule has 0 spiro atoms. The summed E-state index contributed by atoms with van der Waals surface area (Å²) in [6.45, 7) is -1.52. The molecular formula is C17H10F5N5O2. The van der Waals surface area contributed by atoms with Gasteiger partial charge in [0.15, 0.2) is 11.3 Å². The van der Waals surface area contributed by atoms with E-state index in [4.69, 9.17) is 0 Å². The maximum absolute atomic E-state index is 13.2. The highest BCUT2D eigenvalue weighted by Crippen LogP contribution is 2.30. The number of ether oxygens (including phenoxy) is 1. The molecule has 0 amide bonds. The molecule has 0 saturated carbocycles. The number of fused-ring (bicyclic) bond motifs is 3. The summed E-state index contributed by atoms with van der Waals surface area (Å²) in [6.07, 6.45) is -4.74. The van der Waals surface area contributed by atoms with Gasteiger partial charge < -0.3 is 4.74 Å². The van der Waals surface area contributed by atoms with Crippen molar-refractivity contribution in [3.63, 3.8) is 0 Å². The average molecular weight is 411 g/mol. The summed E-state index contributed by atoms with van der Waals surface area (Å²) in [5.41, 5.74) is -2.17. The first-order chi connectivity index (χ1) is 13.6. The Morgan fingerprint density at radius 2 is 1.69 bits per heavy atom. The second-order valence-electron chi connectivity index (χ2n) is 5.95. The minimum absolute atomic E-state index is 0.0534. The Labute approximate surface area is 158 Å². The third-order valence-corrected chi connectivity index (χ3v) is 4.02. The summed E-state index contributed by atoms with van der Waals surface area (Å²) in [7, 11) is 0. The highest BCUT2D eigenvalue weighted by Gasteiger charge is 2.33. The number of rotatable bonds is 3. The normalized spacial score (nSPS) is 12.2. The van der Waals surface area contributed by atoms with Crippen LogP contribution in [0.1, 0.15) is 11.5 Å². The van der Waals surface area contributed by atoms with E-state index in [1.165, 1.54) is 19.1 Å². The van der Waals surface area contributed by atoms with Crippen molar-refractivity contribution in [3.8, 4) is 11.4 Å². The van der Waals surface area contributed by atoms with E-state index in [-0.39, 0.29) is 33.9 Å². The van der Waals surface area contributed by atoms with Gasteiger partial charge in [-0.25, -0.2) is 19.3 Å². The third-order valence-electron chi connectivity index (χ3n) is 4.02. The summed E-state index contributed by atoms with van der Waals surface area (Å²) < 4.78 is 70.3. The van der Waals surface area contributed by atoms with Gasteiger partial charge in [0.1, 0.15) is 17.3 Å². The highest BCUT2D eigenvalue weighted by atomic mass is 19.4. The van der Waals surface area contributed by atoms with Crippen molar-refractivity contribution in [1.29, 1.82) is 0 Å². The van der Waals surface area contributed by atoms with Gasteiger partial charge in [-0.3, -0.25) is 0 Å². The lowest BCUT2D eigenvalue weighted by Gasteiger charge is -2.13. The van der Waals surface area contributed by atoms with Crippen LogP contribution in [0.5, 0.6) is 5.75 Å². The molecule has 3 heterocycles. The topological polar surface area (TPSA) is 74.3 Å². The minimum atomic E-state index is -4.74. The Balaban J connectivity index is 2.04. The van der Waals surface area contributed by atoms with Crippen molar-refractivity contribution >= 4 is 16.7 Å². The molecule has 0 N–H and O–H groups in total. The standard InChI is InChI=1S/C17H10F5N5O2/c1-8-23-14-11-6-7-12(17(20,21)22)24-13(11)26(16(28)27(14)25-8)9-2-4-10(5-3-9)29-15(18)19/h2-7,15H,1H3. The molecule has 0 bridgehead atoms. The van der Waals surface area contributed by atoms with Crippen LogP contribution in [-0.4, -0.2) is 30.8 Å². The lowest BCUT2D eigenvalue weighted by Crippen LogP contribution is -2.27. The smallest absolute Gasteiger partial charge is 0.433 e. The average Bonchev–Trinajstić information content (AvgIpc) is 3.04. The van der Waals surface area contributed by atoms with Crippen molar-refractivity contribution < 1.29 is 26.7 Å². The van der Waals surface area contributed by atoms with Crippen LogP contribution in [-0.2, 0) is 6.18 Å². The predicted octanol–water partition coefficient (Wildman–Crippen LogP) is 3.36. The maximum atomic E-state index is 13.2. The van der Waals surface area contributed by atoms with E-state index >= 15 is 0 Å². The van der Waals surface area contributed by atoms with E-state index in [1.807, 2.05) is 0 Å². The van der Waals surface area contributed by atoms with Gasteiger partial charge in [0.25, 0.3) is 0 Å².